The highest BCUT2D eigenvalue weighted by molar-refractivity contribution is 9.10. The molecule has 0 saturated heterocycles. The Bertz CT molecular complexity index is 848. The lowest BCUT2D eigenvalue weighted by Gasteiger charge is -2.05. The topological polar surface area (TPSA) is 41.6 Å². The molecule has 0 fully saturated rings. The summed E-state index contributed by atoms with van der Waals surface area (Å²) in [4.78, 5) is 10.1. The van der Waals surface area contributed by atoms with Gasteiger partial charge in [0.05, 0.1) is 11.1 Å². The second kappa shape index (κ2) is 4.76. The third kappa shape index (κ3) is 2.08. The van der Waals surface area contributed by atoms with Gasteiger partial charge in [-0.05, 0) is 22.0 Å². The van der Waals surface area contributed by atoms with Crippen molar-refractivity contribution in [2.24, 2.45) is 0 Å². The summed E-state index contributed by atoms with van der Waals surface area (Å²) >= 11 is 3.13. The number of H-pyrrole nitrogens is 1. The van der Waals surface area contributed by atoms with Crippen molar-refractivity contribution in [1.29, 1.82) is 0 Å². The Kier molecular flexibility index (Phi) is 3.16. The van der Waals surface area contributed by atoms with Crippen molar-refractivity contribution in [2.75, 3.05) is 0 Å². The summed E-state index contributed by atoms with van der Waals surface area (Å²) in [5, 5.41) is 0. The molecule has 0 amide bonds. The summed E-state index contributed by atoms with van der Waals surface area (Å²) in [7, 11) is 0. The van der Waals surface area contributed by atoms with E-state index < -0.39 is 40.5 Å². The van der Waals surface area contributed by atoms with Crippen molar-refractivity contribution in [1.82, 2.24) is 15.0 Å². The number of aromatic nitrogens is 3. The van der Waals surface area contributed by atoms with Gasteiger partial charge in [0.25, 0.3) is 0 Å². The van der Waals surface area contributed by atoms with Gasteiger partial charge in [-0.25, -0.2) is 31.9 Å². The van der Waals surface area contributed by atoms with E-state index in [1.165, 1.54) is 12.3 Å². The molecule has 3 rings (SSSR count). The van der Waals surface area contributed by atoms with Crippen LogP contribution in [-0.4, -0.2) is 15.0 Å². The Labute approximate surface area is 122 Å². The van der Waals surface area contributed by atoms with E-state index in [1.54, 1.807) is 0 Å². The summed E-state index contributed by atoms with van der Waals surface area (Å²) in [6.07, 6.45) is 1.38. The van der Waals surface area contributed by atoms with Crippen LogP contribution in [0.5, 0.6) is 0 Å². The number of fused-ring (bicyclic) bond motifs is 1. The highest BCUT2D eigenvalue weighted by atomic mass is 79.9. The lowest BCUT2D eigenvalue weighted by molar-refractivity contribution is 0.381. The summed E-state index contributed by atoms with van der Waals surface area (Å²) in [6, 6.07) is 1.50. The summed E-state index contributed by atoms with van der Waals surface area (Å²) in [5.41, 5.74) is -0.763. The van der Waals surface area contributed by atoms with Crippen molar-refractivity contribution < 1.29 is 22.0 Å². The predicted molar refractivity (Wildman–Crippen MR) is 66.8 cm³/mol. The summed E-state index contributed by atoms with van der Waals surface area (Å²) < 4.78 is 67.3. The molecular formula is C12H3BrF5N3. The number of imidazole rings is 1. The number of nitrogens with one attached hydrogen (secondary N) is 1. The second-order valence-electron chi connectivity index (χ2n) is 4.06. The second-order valence-corrected chi connectivity index (χ2v) is 4.97. The third-order valence-corrected chi connectivity index (χ3v) is 3.18. The maximum absolute atomic E-state index is 13.7. The molecule has 0 saturated carbocycles. The fraction of sp³-hybridized carbons (Fsp3) is 0. The quantitative estimate of drug-likeness (QED) is 0.402. The number of benzene rings is 1. The molecule has 1 N–H and O–H groups in total. The normalized spacial score (nSPS) is 11.3. The number of hydrogen-bond acceptors (Lipinski definition) is 2. The largest absolute Gasteiger partial charge is 0.336 e. The van der Waals surface area contributed by atoms with Gasteiger partial charge in [0.2, 0.25) is 5.82 Å². The van der Waals surface area contributed by atoms with Gasteiger partial charge in [-0.15, -0.1) is 0 Å². The van der Waals surface area contributed by atoms with E-state index in [1.807, 2.05) is 0 Å². The van der Waals surface area contributed by atoms with E-state index in [0.29, 0.717) is 4.47 Å². The van der Waals surface area contributed by atoms with Crippen LogP contribution in [-0.2, 0) is 0 Å². The number of aromatic amines is 1. The van der Waals surface area contributed by atoms with Gasteiger partial charge in [0.15, 0.2) is 28.9 Å². The zero-order chi connectivity index (χ0) is 15.3. The predicted octanol–water partition coefficient (Wildman–Crippen LogP) is 4.08. The summed E-state index contributed by atoms with van der Waals surface area (Å²) in [5.74, 6) is -10.7. The standard InChI is InChI=1S/C12H3BrF5N3/c13-3-1-4-11(19-2-3)21-12(20-4)5-6(14)8(16)10(18)9(17)7(5)15/h1-2H,(H,19,20,21). The minimum atomic E-state index is -2.22. The van der Waals surface area contributed by atoms with Crippen LogP contribution < -0.4 is 0 Å². The van der Waals surface area contributed by atoms with Crippen molar-refractivity contribution in [3.05, 3.63) is 45.8 Å². The molecule has 0 atom stereocenters. The molecule has 3 nitrogen and oxygen atoms in total. The molecule has 0 aliphatic rings. The molecule has 1 aromatic carbocycles. The first-order valence-electron chi connectivity index (χ1n) is 5.43. The Hall–Kier alpha value is -2.03. The molecule has 0 spiro atoms. The van der Waals surface area contributed by atoms with Crippen LogP contribution in [0.2, 0.25) is 0 Å². The fourth-order valence-electron chi connectivity index (χ4n) is 1.81. The lowest BCUT2D eigenvalue weighted by Crippen LogP contribution is -2.04. The van der Waals surface area contributed by atoms with Crippen molar-refractivity contribution in [3.8, 4) is 11.4 Å². The Morgan fingerprint density at radius 1 is 0.905 bits per heavy atom. The maximum atomic E-state index is 13.7. The van der Waals surface area contributed by atoms with Gasteiger partial charge >= 0.3 is 0 Å². The molecule has 2 aromatic heterocycles. The van der Waals surface area contributed by atoms with Crippen LogP contribution >= 0.6 is 15.9 Å². The molecule has 2 heterocycles. The fourth-order valence-corrected chi connectivity index (χ4v) is 2.14. The molecule has 108 valence electrons. The highest BCUT2D eigenvalue weighted by Crippen LogP contribution is 2.31. The molecular weight excluding hydrogens is 361 g/mol. The van der Waals surface area contributed by atoms with Crippen LogP contribution in [0.3, 0.4) is 0 Å². The minimum absolute atomic E-state index is 0.0807. The molecule has 0 aliphatic carbocycles. The number of halogens is 6. The van der Waals surface area contributed by atoms with Crippen LogP contribution in [0.25, 0.3) is 22.6 Å². The zero-order valence-electron chi connectivity index (χ0n) is 9.82. The number of nitrogens with zero attached hydrogens (tertiary/aromatic N) is 2. The molecule has 9 heteroatoms. The Morgan fingerprint density at radius 2 is 1.48 bits per heavy atom. The number of pyridine rings is 1. The van der Waals surface area contributed by atoms with Crippen molar-refractivity contribution in [3.63, 3.8) is 0 Å². The van der Waals surface area contributed by atoms with Crippen LogP contribution in [0, 0.1) is 29.1 Å². The van der Waals surface area contributed by atoms with Crippen LogP contribution in [0.1, 0.15) is 0 Å². The molecule has 0 bridgehead atoms. The van der Waals surface area contributed by atoms with E-state index in [-0.39, 0.29) is 11.2 Å². The SMILES string of the molecule is Fc1c(F)c(F)c(-c2nc3ncc(Br)cc3[nH]2)c(F)c1F. The maximum Gasteiger partial charge on any atom is 0.200 e. The van der Waals surface area contributed by atoms with Crippen molar-refractivity contribution in [2.45, 2.75) is 0 Å². The van der Waals surface area contributed by atoms with E-state index in [9.17, 15) is 22.0 Å². The first kappa shape index (κ1) is 13.9. The minimum Gasteiger partial charge on any atom is -0.336 e. The number of rotatable bonds is 1. The van der Waals surface area contributed by atoms with Crippen LogP contribution in [0.15, 0.2) is 16.7 Å². The Balaban J connectivity index is 2.32. The van der Waals surface area contributed by atoms with E-state index in [4.69, 9.17) is 0 Å². The zero-order valence-corrected chi connectivity index (χ0v) is 11.4. The smallest absolute Gasteiger partial charge is 0.200 e. The lowest BCUT2D eigenvalue weighted by atomic mass is 10.1. The average Bonchev–Trinajstić information content (AvgIpc) is 2.85. The van der Waals surface area contributed by atoms with Crippen LogP contribution in [0.4, 0.5) is 22.0 Å². The van der Waals surface area contributed by atoms with Gasteiger partial charge in [0, 0.05) is 10.7 Å². The van der Waals surface area contributed by atoms with E-state index >= 15 is 0 Å². The molecule has 0 aliphatic heterocycles. The summed E-state index contributed by atoms with van der Waals surface area (Å²) in [6.45, 7) is 0. The molecule has 21 heavy (non-hydrogen) atoms. The average molecular weight is 364 g/mol. The Morgan fingerprint density at radius 3 is 2.10 bits per heavy atom. The van der Waals surface area contributed by atoms with E-state index in [0.717, 1.165) is 0 Å². The van der Waals surface area contributed by atoms with E-state index in [2.05, 4.69) is 30.9 Å². The first-order valence-corrected chi connectivity index (χ1v) is 6.22. The van der Waals surface area contributed by atoms with Gasteiger partial charge in [-0.3, -0.25) is 0 Å². The van der Waals surface area contributed by atoms with Gasteiger partial charge < -0.3 is 4.98 Å². The monoisotopic (exact) mass is 363 g/mol. The van der Waals surface area contributed by atoms with Gasteiger partial charge in [-0.2, -0.15) is 0 Å². The molecule has 0 radical (unpaired) electrons. The van der Waals surface area contributed by atoms with Gasteiger partial charge in [0.1, 0.15) is 5.82 Å². The highest BCUT2D eigenvalue weighted by Gasteiger charge is 2.28. The molecule has 3 aromatic rings. The first-order chi connectivity index (χ1) is 9.90. The van der Waals surface area contributed by atoms with Crippen molar-refractivity contribution >= 4 is 27.1 Å². The third-order valence-electron chi connectivity index (χ3n) is 2.75. The molecule has 0 unspecified atom stereocenters. The number of hydrogen-bond donors (Lipinski definition) is 1. The van der Waals surface area contributed by atoms with Gasteiger partial charge in [-0.1, -0.05) is 0 Å².